The highest BCUT2D eigenvalue weighted by Crippen LogP contribution is 2.31. The molecular formula is C20H18FNO3S2. The monoisotopic (exact) mass is 403 g/mol. The van der Waals surface area contributed by atoms with Crippen molar-refractivity contribution in [3.8, 4) is 0 Å². The molecule has 1 heterocycles. The second-order valence-corrected chi connectivity index (χ2v) is 9.19. The lowest BCUT2D eigenvalue weighted by atomic mass is 10.1. The number of hydrogen-bond acceptors (Lipinski definition) is 4. The zero-order valence-electron chi connectivity index (χ0n) is 14.6. The molecule has 7 heteroatoms. The Balaban J connectivity index is 1.85. The predicted molar refractivity (Wildman–Crippen MR) is 104 cm³/mol. The summed E-state index contributed by atoms with van der Waals surface area (Å²) in [6, 6.07) is 15.2. The van der Waals surface area contributed by atoms with E-state index >= 15 is 0 Å². The molecule has 1 amide bonds. The Morgan fingerprint density at radius 1 is 1.07 bits per heavy atom. The van der Waals surface area contributed by atoms with Crippen LogP contribution in [0, 0.1) is 12.7 Å². The van der Waals surface area contributed by atoms with E-state index in [9.17, 15) is 17.6 Å². The van der Waals surface area contributed by atoms with Gasteiger partial charge in [-0.3, -0.25) is 4.79 Å². The normalized spacial score (nSPS) is 12.5. The van der Waals surface area contributed by atoms with Crippen molar-refractivity contribution in [1.82, 2.24) is 5.32 Å². The molecule has 0 saturated heterocycles. The van der Waals surface area contributed by atoms with Crippen molar-refractivity contribution in [1.29, 1.82) is 0 Å². The summed E-state index contributed by atoms with van der Waals surface area (Å²) in [5.41, 5.74) is 1.49. The van der Waals surface area contributed by atoms with Gasteiger partial charge >= 0.3 is 0 Å². The van der Waals surface area contributed by atoms with Crippen molar-refractivity contribution in [3.05, 3.63) is 87.9 Å². The molecular weight excluding hydrogens is 385 g/mol. The van der Waals surface area contributed by atoms with Crippen LogP contribution in [0.1, 0.15) is 26.0 Å². The minimum atomic E-state index is -3.80. The van der Waals surface area contributed by atoms with E-state index in [1.807, 2.05) is 19.1 Å². The summed E-state index contributed by atoms with van der Waals surface area (Å²) in [6.07, 6.45) is 0. The molecule has 1 unspecified atom stereocenters. The number of carbonyl (C=O) groups excluding carboxylic acids is 1. The number of sulfone groups is 1. The lowest BCUT2D eigenvalue weighted by Gasteiger charge is -2.17. The fourth-order valence-corrected chi connectivity index (χ4v) is 5.40. The van der Waals surface area contributed by atoms with Gasteiger partial charge in [0.25, 0.3) is 5.91 Å². The first-order chi connectivity index (χ1) is 12.9. The Bertz CT molecular complexity index is 1010. The van der Waals surface area contributed by atoms with E-state index in [4.69, 9.17) is 0 Å². The third kappa shape index (κ3) is 4.43. The van der Waals surface area contributed by atoms with E-state index in [1.54, 1.807) is 29.6 Å². The molecule has 1 aromatic heterocycles. The van der Waals surface area contributed by atoms with Gasteiger partial charge in [0.1, 0.15) is 11.1 Å². The van der Waals surface area contributed by atoms with Crippen LogP contribution in [-0.4, -0.2) is 20.9 Å². The maximum atomic E-state index is 13.2. The van der Waals surface area contributed by atoms with Crippen LogP contribution >= 0.6 is 11.3 Å². The molecule has 0 spiro atoms. The van der Waals surface area contributed by atoms with E-state index in [0.29, 0.717) is 10.4 Å². The highest BCUT2D eigenvalue weighted by Gasteiger charge is 2.30. The standard InChI is InChI=1S/C20H18FNO3S2/c1-14-4-6-15(7-5-14)20(23)22-13-19(18-3-2-12-26-18)27(24,25)17-10-8-16(21)9-11-17/h2-12,19H,13H2,1H3,(H,22,23). The summed E-state index contributed by atoms with van der Waals surface area (Å²) in [4.78, 5) is 13.0. The molecule has 0 saturated carbocycles. The molecule has 0 fully saturated rings. The van der Waals surface area contributed by atoms with Gasteiger partial charge in [0.2, 0.25) is 0 Å². The maximum absolute atomic E-state index is 13.2. The van der Waals surface area contributed by atoms with Crippen molar-refractivity contribution in [2.75, 3.05) is 6.54 Å². The second-order valence-electron chi connectivity index (χ2n) is 6.08. The van der Waals surface area contributed by atoms with Gasteiger partial charge in [-0.2, -0.15) is 0 Å². The Morgan fingerprint density at radius 2 is 1.74 bits per heavy atom. The number of rotatable bonds is 6. The lowest BCUT2D eigenvalue weighted by Crippen LogP contribution is -2.31. The van der Waals surface area contributed by atoms with Gasteiger partial charge in [0, 0.05) is 17.0 Å². The van der Waals surface area contributed by atoms with Crippen LogP contribution < -0.4 is 5.32 Å². The number of halogens is 1. The van der Waals surface area contributed by atoms with Gasteiger partial charge in [0.15, 0.2) is 9.84 Å². The highest BCUT2D eigenvalue weighted by atomic mass is 32.2. The van der Waals surface area contributed by atoms with E-state index in [1.165, 1.54) is 23.5 Å². The third-order valence-electron chi connectivity index (χ3n) is 4.14. The largest absolute Gasteiger partial charge is 0.350 e. The van der Waals surface area contributed by atoms with Crippen molar-refractivity contribution in [2.24, 2.45) is 0 Å². The Morgan fingerprint density at radius 3 is 2.33 bits per heavy atom. The molecule has 1 atom stereocenters. The number of hydrogen-bond donors (Lipinski definition) is 1. The molecule has 27 heavy (non-hydrogen) atoms. The number of nitrogens with one attached hydrogen (secondary N) is 1. The average Bonchev–Trinajstić information content (AvgIpc) is 3.16. The molecule has 4 nitrogen and oxygen atoms in total. The molecule has 0 aliphatic carbocycles. The van der Waals surface area contributed by atoms with Gasteiger partial charge in [0.05, 0.1) is 4.90 Å². The third-order valence-corrected chi connectivity index (χ3v) is 7.37. The van der Waals surface area contributed by atoms with Crippen molar-refractivity contribution < 1.29 is 17.6 Å². The maximum Gasteiger partial charge on any atom is 0.251 e. The second kappa shape index (κ2) is 8.02. The topological polar surface area (TPSA) is 63.2 Å². The lowest BCUT2D eigenvalue weighted by molar-refractivity contribution is 0.0953. The van der Waals surface area contributed by atoms with Crippen LogP contribution in [-0.2, 0) is 9.84 Å². The summed E-state index contributed by atoms with van der Waals surface area (Å²) in [7, 11) is -3.80. The quantitative estimate of drug-likeness (QED) is 0.629. The fourth-order valence-electron chi connectivity index (χ4n) is 2.62. The molecule has 3 aromatic rings. The van der Waals surface area contributed by atoms with E-state index in [-0.39, 0.29) is 17.3 Å². The smallest absolute Gasteiger partial charge is 0.251 e. The number of aryl methyl sites for hydroxylation is 1. The van der Waals surface area contributed by atoms with Crippen molar-refractivity contribution in [2.45, 2.75) is 17.1 Å². The Kier molecular flexibility index (Phi) is 5.72. The fraction of sp³-hybridized carbons (Fsp3) is 0.150. The minimum Gasteiger partial charge on any atom is -0.350 e. The first kappa shape index (κ1) is 19.3. The van der Waals surface area contributed by atoms with Crippen molar-refractivity contribution >= 4 is 27.1 Å². The van der Waals surface area contributed by atoms with Gasteiger partial charge in [-0.1, -0.05) is 23.8 Å². The van der Waals surface area contributed by atoms with Gasteiger partial charge in [-0.05, 0) is 54.8 Å². The summed E-state index contributed by atoms with van der Waals surface area (Å²) < 4.78 is 39.3. The van der Waals surface area contributed by atoms with E-state index in [2.05, 4.69) is 5.32 Å². The van der Waals surface area contributed by atoms with E-state index < -0.39 is 20.9 Å². The Hall–Kier alpha value is -2.51. The van der Waals surface area contributed by atoms with Gasteiger partial charge in [-0.25, -0.2) is 12.8 Å². The Labute approximate surface area is 161 Å². The van der Waals surface area contributed by atoms with E-state index in [0.717, 1.165) is 17.7 Å². The van der Waals surface area contributed by atoms with Gasteiger partial charge < -0.3 is 5.32 Å². The molecule has 0 aliphatic rings. The SMILES string of the molecule is Cc1ccc(C(=O)NCC(c2cccs2)S(=O)(=O)c2ccc(F)cc2)cc1. The number of amides is 1. The minimum absolute atomic E-state index is 0.0203. The predicted octanol–water partition coefficient (Wildman–Crippen LogP) is 4.14. The zero-order chi connectivity index (χ0) is 19.4. The number of thiophene rings is 1. The zero-order valence-corrected chi connectivity index (χ0v) is 16.2. The van der Waals surface area contributed by atoms with Crippen LogP contribution in [0.5, 0.6) is 0 Å². The average molecular weight is 404 g/mol. The summed E-state index contributed by atoms with van der Waals surface area (Å²) in [5.74, 6) is -0.847. The summed E-state index contributed by atoms with van der Waals surface area (Å²) >= 11 is 1.30. The molecule has 3 rings (SSSR count). The van der Waals surface area contributed by atoms with Crippen LogP contribution in [0.4, 0.5) is 4.39 Å². The summed E-state index contributed by atoms with van der Waals surface area (Å²) in [6.45, 7) is 1.84. The van der Waals surface area contributed by atoms with Gasteiger partial charge in [-0.15, -0.1) is 11.3 Å². The molecule has 0 bridgehead atoms. The van der Waals surface area contributed by atoms with Crippen LogP contribution in [0.15, 0.2) is 70.9 Å². The molecule has 0 aliphatic heterocycles. The van der Waals surface area contributed by atoms with Crippen LogP contribution in [0.3, 0.4) is 0 Å². The molecule has 1 N–H and O–H groups in total. The van der Waals surface area contributed by atoms with Crippen molar-refractivity contribution in [3.63, 3.8) is 0 Å². The summed E-state index contributed by atoms with van der Waals surface area (Å²) in [5, 5.41) is 3.54. The molecule has 140 valence electrons. The van der Waals surface area contributed by atoms with Crippen LogP contribution in [0.25, 0.3) is 0 Å². The number of benzene rings is 2. The molecule has 2 aromatic carbocycles. The highest BCUT2D eigenvalue weighted by molar-refractivity contribution is 7.91. The first-order valence-electron chi connectivity index (χ1n) is 8.25. The molecule has 0 radical (unpaired) electrons. The van der Waals surface area contributed by atoms with Crippen LogP contribution in [0.2, 0.25) is 0 Å². The first-order valence-corrected chi connectivity index (χ1v) is 10.7. The number of carbonyl (C=O) groups is 1.